The van der Waals surface area contributed by atoms with E-state index in [-0.39, 0.29) is 13.2 Å². The SMILES string of the molecule is CC(C)CC(C)(C)C(=O)OCC(O)C1OCC(O)C1O. The summed E-state index contributed by atoms with van der Waals surface area (Å²) < 4.78 is 10.2. The lowest BCUT2D eigenvalue weighted by Crippen LogP contribution is -2.42. The second kappa shape index (κ2) is 6.85. The van der Waals surface area contributed by atoms with E-state index >= 15 is 0 Å². The van der Waals surface area contributed by atoms with E-state index in [0.717, 1.165) is 0 Å². The van der Waals surface area contributed by atoms with Gasteiger partial charge in [-0.1, -0.05) is 13.8 Å². The van der Waals surface area contributed by atoms with Gasteiger partial charge in [-0.25, -0.2) is 0 Å². The van der Waals surface area contributed by atoms with Crippen LogP contribution in [-0.4, -0.2) is 58.9 Å². The summed E-state index contributed by atoms with van der Waals surface area (Å²) >= 11 is 0. The zero-order chi connectivity index (χ0) is 15.5. The monoisotopic (exact) mass is 290 g/mol. The highest BCUT2D eigenvalue weighted by Gasteiger charge is 2.40. The molecule has 6 nitrogen and oxygen atoms in total. The molecule has 4 unspecified atom stereocenters. The van der Waals surface area contributed by atoms with E-state index in [1.165, 1.54) is 0 Å². The van der Waals surface area contributed by atoms with Gasteiger partial charge in [0.25, 0.3) is 0 Å². The van der Waals surface area contributed by atoms with E-state index in [0.29, 0.717) is 12.3 Å². The molecule has 0 bridgehead atoms. The van der Waals surface area contributed by atoms with Crippen molar-refractivity contribution in [2.24, 2.45) is 11.3 Å². The Balaban J connectivity index is 2.44. The third-order valence-electron chi connectivity index (χ3n) is 3.43. The molecule has 0 aromatic carbocycles. The number of carbonyl (C=O) groups excluding carboxylic acids is 1. The quantitative estimate of drug-likeness (QED) is 0.600. The van der Waals surface area contributed by atoms with Crippen molar-refractivity contribution in [3.63, 3.8) is 0 Å². The molecule has 20 heavy (non-hydrogen) atoms. The highest BCUT2D eigenvalue weighted by Crippen LogP contribution is 2.27. The maximum atomic E-state index is 12.0. The fraction of sp³-hybridized carbons (Fsp3) is 0.929. The Hall–Kier alpha value is -0.690. The van der Waals surface area contributed by atoms with Gasteiger partial charge in [-0.3, -0.25) is 4.79 Å². The fourth-order valence-electron chi connectivity index (χ4n) is 2.52. The predicted octanol–water partition coefficient (Wildman–Crippen LogP) is 0.0834. The normalized spacial score (nSPS) is 28.7. The Morgan fingerprint density at radius 2 is 2.00 bits per heavy atom. The number of rotatable bonds is 6. The predicted molar refractivity (Wildman–Crippen MR) is 72.0 cm³/mol. The molecule has 0 spiro atoms. The van der Waals surface area contributed by atoms with E-state index in [9.17, 15) is 20.1 Å². The van der Waals surface area contributed by atoms with E-state index < -0.39 is 35.8 Å². The molecule has 0 aromatic rings. The highest BCUT2D eigenvalue weighted by molar-refractivity contribution is 5.75. The number of hydrogen-bond acceptors (Lipinski definition) is 6. The third kappa shape index (κ3) is 4.41. The first-order chi connectivity index (χ1) is 9.15. The van der Waals surface area contributed by atoms with Crippen molar-refractivity contribution < 1.29 is 29.6 Å². The van der Waals surface area contributed by atoms with Crippen LogP contribution in [0.5, 0.6) is 0 Å². The summed E-state index contributed by atoms with van der Waals surface area (Å²) in [5, 5.41) is 28.8. The summed E-state index contributed by atoms with van der Waals surface area (Å²) in [4.78, 5) is 12.0. The molecule has 1 aliphatic rings. The zero-order valence-electron chi connectivity index (χ0n) is 12.6. The maximum absolute atomic E-state index is 12.0. The van der Waals surface area contributed by atoms with E-state index in [1.807, 2.05) is 13.8 Å². The van der Waals surface area contributed by atoms with Crippen LogP contribution in [-0.2, 0) is 14.3 Å². The van der Waals surface area contributed by atoms with Crippen LogP contribution >= 0.6 is 0 Å². The Morgan fingerprint density at radius 1 is 1.40 bits per heavy atom. The first-order valence-electron chi connectivity index (χ1n) is 6.98. The van der Waals surface area contributed by atoms with Crippen molar-refractivity contribution in [2.75, 3.05) is 13.2 Å². The van der Waals surface area contributed by atoms with Crippen molar-refractivity contribution in [3.8, 4) is 0 Å². The average molecular weight is 290 g/mol. The van der Waals surface area contributed by atoms with Crippen LogP contribution in [0.1, 0.15) is 34.1 Å². The summed E-state index contributed by atoms with van der Waals surface area (Å²) in [6, 6.07) is 0. The minimum atomic E-state index is -1.16. The molecule has 0 amide bonds. The van der Waals surface area contributed by atoms with Gasteiger partial charge in [0.05, 0.1) is 12.0 Å². The lowest BCUT2D eigenvalue weighted by atomic mass is 9.84. The third-order valence-corrected chi connectivity index (χ3v) is 3.43. The van der Waals surface area contributed by atoms with Crippen LogP contribution < -0.4 is 0 Å². The Bertz CT molecular complexity index is 328. The molecular weight excluding hydrogens is 264 g/mol. The van der Waals surface area contributed by atoms with Crippen molar-refractivity contribution in [3.05, 3.63) is 0 Å². The molecule has 0 aliphatic carbocycles. The van der Waals surface area contributed by atoms with Gasteiger partial charge in [-0.15, -0.1) is 0 Å². The molecule has 0 radical (unpaired) electrons. The molecule has 1 saturated heterocycles. The van der Waals surface area contributed by atoms with Gasteiger partial charge < -0.3 is 24.8 Å². The molecule has 4 atom stereocenters. The minimum absolute atomic E-state index is 0.0321. The number of hydrogen-bond donors (Lipinski definition) is 3. The van der Waals surface area contributed by atoms with Crippen LogP contribution in [0.3, 0.4) is 0 Å². The first kappa shape index (κ1) is 17.4. The molecule has 1 heterocycles. The molecule has 1 fully saturated rings. The summed E-state index contributed by atoms with van der Waals surface area (Å²) in [5.74, 6) is -0.0316. The summed E-state index contributed by atoms with van der Waals surface area (Å²) in [6.45, 7) is 7.35. The molecule has 118 valence electrons. The van der Waals surface area contributed by atoms with Crippen molar-refractivity contribution in [1.82, 2.24) is 0 Å². The van der Waals surface area contributed by atoms with Gasteiger partial charge in [0.1, 0.15) is 31.0 Å². The van der Waals surface area contributed by atoms with Crippen molar-refractivity contribution >= 4 is 5.97 Å². The van der Waals surface area contributed by atoms with E-state index in [2.05, 4.69) is 0 Å². The molecular formula is C14H26O6. The smallest absolute Gasteiger partial charge is 0.311 e. The van der Waals surface area contributed by atoms with E-state index in [4.69, 9.17) is 9.47 Å². The first-order valence-corrected chi connectivity index (χ1v) is 6.98. The summed E-state index contributed by atoms with van der Waals surface area (Å²) in [7, 11) is 0. The topological polar surface area (TPSA) is 96.2 Å². The van der Waals surface area contributed by atoms with Crippen LogP contribution in [0.2, 0.25) is 0 Å². The Morgan fingerprint density at radius 3 is 2.45 bits per heavy atom. The molecule has 6 heteroatoms. The molecule has 0 aromatic heterocycles. The minimum Gasteiger partial charge on any atom is -0.462 e. The molecule has 1 aliphatic heterocycles. The number of aliphatic hydroxyl groups is 3. The largest absolute Gasteiger partial charge is 0.462 e. The number of ether oxygens (including phenoxy) is 2. The number of aliphatic hydroxyl groups excluding tert-OH is 3. The standard InChI is InChI=1S/C14H26O6/c1-8(2)5-14(3,4)13(18)20-7-10(16)12-11(17)9(15)6-19-12/h8-12,15-17H,5-7H2,1-4H3. The molecule has 3 N–H and O–H groups in total. The second-order valence-corrected chi connectivity index (χ2v) is 6.50. The van der Waals surface area contributed by atoms with E-state index in [1.54, 1.807) is 13.8 Å². The van der Waals surface area contributed by atoms with Gasteiger partial charge in [0, 0.05) is 0 Å². The maximum Gasteiger partial charge on any atom is 0.311 e. The summed E-state index contributed by atoms with van der Waals surface area (Å²) in [6.07, 6.45) is -3.56. The fourth-order valence-corrected chi connectivity index (χ4v) is 2.52. The van der Waals surface area contributed by atoms with Crippen LogP contribution in [0, 0.1) is 11.3 Å². The van der Waals surface area contributed by atoms with Crippen molar-refractivity contribution in [2.45, 2.75) is 58.5 Å². The lowest BCUT2D eigenvalue weighted by Gasteiger charge is -2.26. The van der Waals surface area contributed by atoms with Gasteiger partial charge in [0.2, 0.25) is 0 Å². The highest BCUT2D eigenvalue weighted by atomic mass is 16.6. The number of esters is 1. The van der Waals surface area contributed by atoms with Crippen molar-refractivity contribution in [1.29, 1.82) is 0 Å². The van der Waals surface area contributed by atoms with Gasteiger partial charge in [-0.2, -0.15) is 0 Å². The molecule has 0 saturated carbocycles. The van der Waals surface area contributed by atoms with Gasteiger partial charge in [-0.05, 0) is 26.2 Å². The Labute approximate surface area is 119 Å². The Kier molecular flexibility index (Phi) is 5.94. The van der Waals surface area contributed by atoms with Crippen LogP contribution in [0.15, 0.2) is 0 Å². The molecule has 1 rings (SSSR count). The zero-order valence-corrected chi connectivity index (χ0v) is 12.6. The van der Waals surface area contributed by atoms with Gasteiger partial charge in [0.15, 0.2) is 0 Å². The summed E-state index contributed by atoms with van der Waals surface area (Å²) in [5.41, 5.74) is -0.622. The number of carbonyl (C=O) groups is 1. The average Bonchev–Trinajstić information content (AvgIpc) is 2.65. The van der Waals surface area contributed by atoms with Crippen LogP contribution in [0.4, 0.5) is 0 Å². The second-order valence-electron chi connectivity index (χ2n) is 6.50. The lowest BCUT2D eigenvalue weighted by molar-refractivity contribution is -0.161. The van der Waals surface area contributed by atoms with Gasteiger partial charge >= 0.3 is 5.97 Å². The van der Waals surface area contributed by atoms with Crippen LogP contribution in [0.25, 0.3) is 0 Å².